The van der Waals surface area contributed by atoms with Gasteiger partial charge in [-0.25, -0.2) is 9.59 Å². The number of carbonyl (C=O) groups is 4. The minimum atomic E-state index is -1.90. The number of carbonyl (C=O) groups excluding carboxylic acids is 4. The Balaban J connectivity index is 2.26. The van der Waals surface area contributed by atoms with Crippen molar-refractivity contribution in [3.63, 3.8) is 0 Å². The Hall–Kier alpha value is -3.12. The molecule has 0 unspecified atom stereocenters. The molecule has 0 N–H and O–H groups in total. The summed E-state index contributed by atoms with van der Waals surface area (Å²) < 4.78 is 28.5. The van der Waals surface area contributed by atoms with E-state index in [0.29, 0.717) is 52.2 Å². The summed E-state index contributed by atoms with van der Waals surface area (Å²) >= 11 is 0. The van der Waals surface area contributed by atoms with Crippen LogP contribution in [0.5, 0.6) is 0 Å². The van der Waals surface area contributed by atoms with E-state index in [2.05, 4.69) is 33.9 Å². The Kier molecular flexibility index (Phi) is 26.0. The van der Waals surface area contributed by atoms with Gasteiger partial charge >= 0.3 is 24.1 Å². The molecule has 0 spiro atoms. The third-order valence-electron chi connectivity index (χ3n) is 10.4. The Bertz CT molecular complexity index is 1320. The second kappa shape index (κ2) is 28.4. The van der Waals surface area contributed by atoms with Crippen LogP contribution in [-0.2, 0) is 39.6 Å². The van der Waals surface area contributed by atoms with Gasteiger partial charge < -0.3 is 33.2 Å². The number of amides is 2. The van der Waals surface area contributed by atoms with Crippen LogP contribution in [-0.4, -0.2) is 92.8 Å². The Morgan fingerprint density at radius 2 is 0.898 bits per heavy atom. The zero-order valence-electron chi connectivity index (χ0n) is 39.2. The van der Waals surface area contributed by atoms with Gasteiger partial charge in [-0.2, -0.15) is 0 Å². The number of rotatable bonds is 29. The summed E-state index contributed by atoms with van der Waals surface area (Å²) in [6.07, 6.45) is 13.8. The van der Waals surface area contributed by atoms with Crippen molar-refractivity contribution in [1.29, 1.82) is 0 Å². The molecule has 0 radical (unpaired) electrons. The summed E-state index contributed by atoms with van der Waals surface area (Å²) in [7, 11) is -1.90. The fourth-order valence-corrected chi connectivity index (χ4v) is 6.97. The van der Waals surface area contributed by atoms with Crippen LogP contribution >= 0.6 is 0 Å². The molecule has 2 amide bonds. The Labute approximate surface area is 360 Å². The third-order valence-corrected chi connectivity index (χ3v) is 15.0. The molecule has 59 heavy (non-hydrogen) atoms. The molecule has 0 saturated heterocycles. The fraction of sp³-hybridized carbons (Fsp3) is 0.787. The van der Waals surface area contributed by atoms with E-state index in [1.165, 1.54) is 0 Å². The van der Waals surface area contributed by atoms with E-state index >= 15 is 0 Å². The number of benzene rings is 1. The molecular weight excluding hydrogens is 765 g/mol. The van der Waals surface area contributed by atoms with Crippen LogP contribution in [0.25, 0.3) is 0 Å². The van der Waals surface area contributed by atoms with Crippen molar-refractivity contribution in [2.45, 2.75) is 201 Å². The van der Waals surface area contributed by atoms with E-state index in [0.717, 1.165) is 95.5 Å². The van der Waals surface area contributed by atoms with Crippen LogP contribution in [0.15, 0.2) is 30.3 Å². The van der Waals surface area contributed by atoms with E-state index in [1.807, 2.05) is 71.9 Å². The van der Waals surface area contributed by atoms with Crippen molar-refractivity contribution in [3.05, 3.63) is 35.9 Å². The molecule has 0 aromatic heterocycles. The van der Waals surface area contributed by atoms with E-state index in [9.17, 15) is 19.2 Å². The molecule has 0 bridgehead atoms. The molecule has 11 nitrogen and oxygen atoms in total. The van der Waals surface area contributed by atoms with E-state index in [-0.39, 0.29) is 35.8 Å². The first kappa shape index (κ1) is 53.9. The van der Waals surface area contributed by atoms with E-state index in [1.54, 1.807) is 9.80 Å². The van der Waals surface area contributed by atoms with Crippen LogP contribution in [0.2, 0.25) is 18.1 Å². The summed E-state index contributed by atoms with van der Waals surface area (Å²) in [5.74, 6) is -0.389. The molecule has 0 atom stereocenters. The van der Waals surface area contributed by atoms with Crippen LogP contribution in [0.3, 0.4) is 0 Å². The maximum Gasteiger partial charge on any atom is 0.410 e. The predicted molar refractivity (Wildman–Crippen MR) is 240 cm³/mol. The fourth-order valence-electron chi connectivity index (χ4n) is 5.93. The number of nitrogens with zero attached hydrogens (tertiary/aromatic N) is 2. The summed E-state index contributed by atoms with van der Waals surface area (Å²) in [6.45, 7) is 25.3. The lowest BCUT2D eigenvalue weighted by molar-refractivity contribution is -0.145. The maximum atomic E-state index is 12.9. The Morgan fingerprint density at radius 1 is 0.508 bits per heavy atom. The van der Waals surface area contributed by atoms with Gasteiger partial charge in [0.05, 0.1) is 13.2 Å². The molecule has 0 heterocycles. The third kappa shape index (κ3) is 28.1. The van der Waals surface area contributed by atoms with Crippen molar-refractivity contribution < 1.29 is 42.6 Å². The van der Waals surface area contributed by atoms with Gasteiger partial charge in [-0.3, -0.25) is 9.59 Å². The van der Waals surface area contributed by atoms with Gasteiger partial charge in [0.25, 0.3) is 0 Å². The van der Waals surface area contributed by atoms with Gasteiger partial charge in [-0.1, -0.05) is 115 Å². The van der Waals surface area contributed by atoms with Crippen LogP contribution in [0, 0.1) is 0 Å². The van der Waals surface area contributed by atoms with Gasteiger partial charge in [0.1, 0.15) is 24.4 Å². The topological polar surface area (TPSA) is 121 Å². The van der Waals surface area contributed by atoms with Gasteiger partial charge in [-0.15, -0.1) is 0 Å². The maximum absolute atomic E-state index is 12.9. The molecule has 0 aliphatic rings. The first-order chi connectivity index (χ1) is 27.6. The average Bonchev–Trinajstić information content (AvgIpc) is 3.12. The number of unbranched alkanes of at least 4 members (excludes halogenated alkanes) is 12. The average molecular weight is 849 g/mol. The van der Waals surface area contributed by atoms with E-state index < -0.39 is 19.5 Å². The van der Waals surface area contributed by atoms with Crippen LogP contribution < -0.4 is 0 Å². The van der Waals surface area contributed by atoms with Gasteiger partial charge in [0.2, 0.25) is 0 Å². The highest BCUT2D eigenvalue weighted by atomic mass is 28.4. The van der Waals surface area contributed by atoms with Gasteiger partial charge in [0, 0.05) is 32.5 Å². The number of esters is 2. The second-order valence-corrected chi connectivity index (χ2v) is 24.2. The van der Waals surface area contributed by atoms with Crippen molar-refractivity contribution in [1.82, 2.24) is 9.80 Å². The highest BCUT2D eigenvalue weighted by Gasteiger charge is 2.37. The highest BCUT2D eigenvalue weighted by molar-refractivity contribution is 6.74. The quantitative estimate of drug-likeness (QED) is 0.0336. The molecular formula is C47H84N2O9Si. The highest BCUT2D eigenvalue weighted by Crippen LogP contribution is 2.36. The molecule has 0 aliphatic carbocycles. The molecule has 12 heteroatoms. The lowest BCUT2D eigenvalue weighted by Gasteiger charge is -2.37. The van der Waals surface area contributed by atoms with E-state index in [4.69, 9.17) is 23.4 Å². The molecule has 1 rings (SSSR count). The molecule has 340 valence electrons. The molecule has 0 saturated carbocycles. The molecule has 1 aromatic carbocycles. The second-order valence-electron chi connectivity index (χ2n) is 19.4. The van der Waals surface area contributed by atoms with Crippen molar-refractivity contribution in [3.8, 4) is 0 Å². The Morgan fingerprint density at radius 3 is 1.32 bits per heavy atom. The zero-order chi connectivity index (χ0) is 44.4. The lowest BCUT2D eigenvalue weighted by Crippen LogP contribution is -2.44. The predicted octanol–water partition coefficient (Wildman–Crippen LogP) is 12.0. The van der Waals surface area contributed by atoms with Gasteiger partial charge in [-0.05, 0) is 90.9 Å². The van der Waals surface area contributed by atoms with Crippen molar-refractivity contribution in [2.75, 3.05) is 39.4 Å². The van der Waals surface area contributed by atoms with Crippen molar-refractivity contribution >= 4 is 32.4 Å². The normalized spacial score (nSPS) is 12.2. The SMILES string of the molecule is CC(C)(C)OC(=O)N(CCCCCCCCCC(=O)OCc1ccccc1)CCOC(=O)CCCCCCCCCN(CCO[Si](C)(C)C(C)(C)C)C(=O)OC(C)(C)C. The smallest absolute Gasteiger partial charge is 0.410 e. The first-order valence-electron chi connectivity index (χ1n) is 22.5. The van der Waals surface area contributed by atoms with Crippen LogP contribution in [0.1, 0.15) is 171 Å². The number of ether oxygens (including phenoxy) is 4. The summed E-state index contributed by atoms with van der Waals surface area (Å²) in [6, 6.07) is 9.71. The minimum Gasteiger partial charge on any atom is -0.464 e. The summed E-state index contributed by atoms with van der Waals surface area (Å²) in [5.41, 5.74) is -0.161. The first-order valence-corrected chi connectivity index (χ1v) is 25.5. The molecule has 0 aliphatic heterocycles. The summed E-state index contributed by atoms with van der Waals surface area (Å²) in [4.78, 5) is 53.8. The lowest BCUT2D eigenvalue weighted by atomic mass is 10.1. The summed E-state index contributed by atoms with van der Waals surface area (Å²) in [5, 5.41) is 0.115. The molecule has 0 fully saturated rings. The number of hydrogen-bond donors (Lipinski definition) is 0. The zero-order valence-corrected chi connectivity index (χ0v) is 40.2. The molecule has 1 aromatic rings. The number of hydrogen-bond acceptors (Lipinski definition) is 9. The monoisotopic (exact) mass is 849 g/mol. The van der Waals surface area contributed by atoms with Gasteiger partial charge in [0.15, 0.2) is 8.32 Å². The standard InChI is InChI=1S/C47H84N2O9Si/c1-45(2,3)57-43(52)48(33-27-20-16-13-15-19-26-32-42(51)55-39-40-29-23-22-24-30-40)35-37-54-41(50)31-25-18-14-12-17-21-28-34-49(44(53)58-46(4,5)6)36-38-56-59(10,11)47(7,8)9/h22-24,29-30H,12-21,25-28,31-39H2,1-11H3. The minimum absolute atomic E-state index is 0.115. The van der Waals surface area contributed by atoms with Crippen molar-refractivity contribution in [2.24, 2.45) is 0 Å². The van der Waals surface area contributed by atoms with Crippen LogP contribution in [0.4, 0.5) is 9.59 Å². The largest absolute Gasteiger partial charge is 0.464 e.